The number of nitrogens with zero attached hydrogens (tertiary/aromatic N) is 2. The van der Waals surface area contributed by atoms with Crippen molar-refractivity contribution in [1.29, 1.82) is 0 Å². The van der Waals surface area contributed by atoms with Crippen LogP contribution in [-0.4, -0.2) is 35.2 Å². The Morgan fingerprint density at radius 2 is 0.444 bits per heavy atom. The van der Waals surface area contributed by atoms with E-state index in [1.165, 1.54) is 0 Å². The zero-order valence-electron chi connectivity index (χ0n) is 7.43. The van der Waals surface area contributed by atoms with Gasteiger partial charge in [0.2, 0.25) is 0 Å². The van der Waals surface area contributed by atoms with Gasteiger partial charge in [-0.1, -0.05) is 0 Å². The second-order valence-electron chi connectivity index (χ2n) is 2.49. The quantitative estimate of drug-likeness (QED) is 0.415. The number of hydrogen-bond acceptors (Lipinski definition) is 2. The largest absolute Gasteiger partial charge is 0.481 e. The molecule has 0 saturated carbocycles. The molecule has 0 spiro atoms. The van der Waals surface area contributed by atoms with Crippen LogP contribution in [0.1, 0.15) is 0 Å². The Labute approximate surface area is 89.3 Å². The minimum Gasteiger partial charge on any atom is -0.154 e. The van der Waals surface area contributed by atoms with Gasteiger partial charge in [0.1, 0.15) is 0 Å². The second kappa shape index (κ2) is 4.32. The van der Waals surface area contributed by atoms with Crippen molar-refractivity contribution in [2.24, 2.45) is 0 Å². The fourth-order valence-corrected chi connectivity index (χ4v) is 0.741. The lowest BCUT2D eigenvalue weighted by Crippen LogP contribution is -2.66. The molecule has 0 aromatic rings. The van der Waals surface area contributed by atoms with Gasteiger partial charge < -0.3 is 0 Å². The summed E-state index contributed by atoms with van der Waals surface area (Å²) in [6, 6.07) is 0. The van der Waals surface area contributed by atoms with Crippen molar-refractivity contribution in [2.45, 2.75) is 25.2 Å². The fraction of sp³-hybridized carbons (Fsp3) is 1.00. The van der Waals surface area contributed by atoms with E-state index >= 15 is 0 Å². The van der Waals surface area contributed by atoms with Gasteiger partial charge in [-0.3, -0.25) is 0 Å². The van der Waals surface area contributed by atoms with Crippen LogP contribution in [-0.2, 0) is 0 Å². The number of hydrogen-bond donors (Lipinski definition) is 0. The first kappa shape index (κ1) is 17.1. The summed E-state index contributed by atoms with van der Waals surface area (Å²) in [5.41, 5.74) is 0. The molecule has 0 aromatic heterocycles. The summed E-state index contributed by atoms with van der Waals surface area (Å²) >= 11 is 0. The van der Waals surface area contributed by atoms with Gasteiger partial charge in [0.25, 0.3) is 0 Å². The van der Waals surface area contributed by atoms with E-state index in [0.717, 1.165) is 0 Å². The molecular formula is C4F12N2. The van der Waals surface area contributed by atoms with Crippen molar-refractivity contribution in [3.05, 3.63) is 0 Å². The molecule has 0 N–H and O–H groups in total. The Morgan fingerprint density at radius 3 is 0.500 bits per heavy atom. The summed E-state index contributed by atoms with van der Waals surface area (Å²) in [5, 5.41) is -7.42. The molecular weight excluding hydrogens is 304 g/mol. The molecule has 0 amide bonds. The first-order valence-corrected chi connectivity index (χ1v) is 3.36. The Bertz CT molecular complexity index is 220. The Morgan fingerprint density at radius 1 is 0.333 bits per heavy atom. The zero-order valence-corrected chi connectivity index (χ0v) is 7.43. The predicted molar refractivity (Wildman–Crippen MR) is 27.9 cm³/mol. The molecule has 0 unspecified atom stereocenters. The van der Waals surface area contributed by atoms with Gasteiger partial charge in [0.15, 0.2) is 0 Å². The molecule has 0 atom stereocenters. The van der Waals surface area contributed by atoms with Crippen molar-refractivity contribution < 1.29 is 52.7 Å². The molecule has 0 aliphatic rings. The topological polar surface area (TPSA) is 6.48 Å². The highest BCUT2D eigenvalue weighted by Crippen LogP contribution is 2.44. The summed E-state index contributed by atoms with van der Waals surface area (Å²) in [7, 11) is 0. The van der Waals surface area contributed by atoms with E-state index in [1.54, 1.807) is 0 Å². The molecule has 0 saturated heterocycles. The maximum Gasteiger partial charge on any atom is 0.481 e. The number of rotatable bonds is 1. The molecule has 2 nitrogen and oxygen atoms in total. The highest BCUT2D eigenvalue weighted by molar-refractivity contribution is 4.68. The summed E-state index contributed by atoms with van der Waals surface area (Å²) in [5.74, 6) is 0. The van der Waals surface area contributed by atoms with Crippen molar-refractivity contribution in [3.8, 4) is 0 Å². The number of halogens is 12. The van der Waals surface area contributed by atoms with E-state index in [0.29, 0.717) is 0 Å². The number of hydrazine groups is 1. The Balaban J connectivity index is 5.84. The molecule has 110 valence electrons. The lowest BCUT2D eigenvalue weighted by atomic mass is 10.8. The number of alkyl halides is 12. The van der Waals surface area contributed by atoms with Gasteiger partial charge in [0.05, 0.1) is 0 Å². The van der Waals surface area contributed by atoms with E-state index in [9.17, 15) is 52.7 Å². The van der Waals surface area contributed by atoms with E-state index in [2.05, 4.69) is 0 Å². The molecule has 0 rings (SSSR count). The van der Waals surface area contributed by atoms with E-state index in [1.807, 2.05) is 0 Å². The van der Waals surface area contributed by atoms with Crippen LogP contribution in [0.4, 0.5) is 52.7 Å². The van der Waals surface area contributed by atoms with Crippen LogP contribution < -0.4 is 0 Å². The van der Waals surface area contributed by atoms with Crippen LogP contribution >= 0.6 is 0 Å². The van der Waals surface area contributed by atoms with Crippen molar-refractivity contribution in [3.63, 3.8) is 0 Å². The lowest BCUT2D eigenvalue weighted by molar-refractivity contribution is -0.539. The van der Waals surface area contributed by atoms with Gasteiger partial charge in [-0.05, 0) is 10.0 Å². The minimum absolute atomic E-state index is 3.71. The minimum atomic E-state index is -6.97. The highest BCUT2D eigenvalue weighted by Gasteiger charge is 2.70. The summed E-state index contributed by atoms with van der Waals surface area (Å²) < 4.78 is 140. The maximum atomic E-state index is 11.7. The average molecular weight is 304 g/mol. The monoisotopic (exact) mass is 304 g/mol. The second-order valence-corrected chi connectivity index (χ2v) is 2.49. The molecule has 0 aromatic carbocycles. The molecule has 14 heteroatoms. The van der Waals surface area contributed by atoms with Crippen molar-refractivity contribution in [1.82, 2.24) is 10.0 Å². The summed E-state index contributed by atoms with van der Waals surface area (Å²) in [6.45, 7) is 0. The van der Waals surface area contributed by atoms with Crippen LogP contribution in [0.15, 0.2) is 0 Å². The predicted octanol–water partition coefficient (Wildman–Crippen LogP) is 3.58. The van der Waals surface area contributed by atoms with Gasteiger partial charge in [-0.25, -0.2) is 0 Å². The third-order valence-electron chi connectivity index (χ3n) is 1.16. The average Bonchev–Trinajstić information content (AvgIpc) is 1.89. The molecule has 0 fully saturated rings. The maximum absolute atomic E-state index is 11.7. The first-order valence-electron chi connectivity index (χ1n) is 3.36. The smallest absolute Gasteiger partial charge is 0.154 e. The lowest BCUT2D eigenvalue weighted by Gasteiger charge is -2.37. The Hall–Kier alpha value is -0.920. The first-order chi connectivity index (χ1) is 7.49. The molecule has 0 heterocycles. The SMILES string of the molecule is FC(F)(F)N(N(C(F)(F)F)C(F)(F)F)C(F)(F)F. The standard InChI is InChI=1S/C4F12N2/c5-1(6,7)17(2(8,9)10)18(3(11,12)13)4(14,15)16. The molecule has 0 radical (unpaired) electrons. The van der Waals surface area contributed by atoms with Crippen molar-refractivity contribution >= 4 is 0 Å². The third-order valence-corrected chi connectivity index (χ3v) is 1.16. The van der Waals surface area contributed by atoms with E-state index in [-0.39, 0.29) is 0 Å². The highest BCUT2D eigenvalue weighted by atomic mass is 19.4. The van der Waals surface area contributed by atoms with Crippen LogP contribution in [0.3, 0.4) is 0 Å². The third kappa shape index (κ3) is 4.08. The van der Waals surface area contributed by atoms with Crippen LogP contribution in [0.2, 0.25) is 0 Å². The Kier molecular flexibility index (Phi) is 4.10. The summed E-state index contributed by atoms with van der Waals surface area (Å²) in [6.07, 6.45) is -27.9. The van der Waals surface area contributed by atoms with E-state index in [4.69, 9.17) is 0 Å². The molecule has 0 aliphatic heterocycles. The van der Waals surface area contributed by atoms with Gasteiger partial charge in [-0.2, -0.15) is 52.7 Å². The van der Waals surface area contributed by atoms with Crippen LogP contribution in [0, 0.1) is 0 Å². The fourth-order valence-electron chi connectivity index (χ4n) is 0.741. The van der Waals surface area contributed by atoms with Gasteiger partial charge in [0, 0.05) is 0 Å². The van der Waals surface area contributed by atoms with Gasteiger partial charge >= 0.3 is 25.2 Å². The van der Waals surface area contributed by atoms with Crippen molar-refractivity contribution in [2.75, 3.05) is 0 Å². The summed E-state index contributed by atoms with van der Waals surface area (Å²) in [4.78, 5) is 0. The zero-order chi connectivity index (χ0) is 15.2. The van der Waals surface area contributed by atoms with Crippen LogP contribution in [0.25, 0.3) is 0 Å². The van der Waals surface area contributed by atoms with Gasteiger partial charge in [-0.15, -0.1) is 0 Å². The molecule has 0 aliphatic carbocycles. The van der Waals surface area contributed by atoms with E-state index < -0.39 is 35.2 Å². The molecule has 18 heavy (non-hydrogen) atoms. The normalized spacial score (nSPS) is 15.7. The molecule has 0 bridgehead atoms. The van der Waals surface area contributed by atoms with Crippen LogP contribution in [0.5, 0.6) is 0 Å².